The fourth-order valence-electron chi connectivity index (χ4n) is 5.44. The normalized spacial score (nSPS) is 12.0. The summed E-state index contributed by atoms with van der Waals surface area (Å²) < 4.78 is 0. The Hall–Kier alpha value is -4.09. The lowest BCUT2D eigenvalue weighted by atomic mass is 9.94. The summed E-state index contributed by atoms with van der Waals surface area (Å²) in [5.74, 6) is -1.52. The second-order valence-electron chi connectivity index (χ2n) is 13.5. The van der Waals surface area contributed by atoms with Crippen molar-refractivity contribution < 1.29 is 63.3 Å². The van der Waals surface area contributed by atoms with Crippen LogP contribution in [0.15, 0.2) is 0 Å². The summed E-state index contributed by atoms with van der Waals surface area (Å²) in [6, 6.07) is -1.33. The van der Waals surface area contributed by atoms with Crippen LogP contribution in [-0.4, -0.2) is 100 Å². The third kappa shape index (κ3) is 29.4. The first-order valence-corrected chi connectivity index (χ1v) is 19.1. The molecular formula is C37H62N4O13. The summed E-state index contributed by atoms with van der Waals surface area (Å²) in [5.41, 5.74) is 0. The van der Waals surface area contributed by atoms with Crippen LogP contribution < -0.4 is 21.8 Å². The summed E-state index contributed by atoms with van der Waals surface area (Å²) in [7, 11) is 0. The molecule has 0 aliphatic carbocycles. The minimum absolute atomic E-state index is 0.139. The molecule has 0 bridgehead atoms. The molecule has 0 saturated carbocycles. The number of aliphatic hydroxyl groups is 1. The van der Waals surface area contributed by atoms with E-state index >= 15 is 0 Å². The van der Waals surface area contributed by atoms with Gasteiger partial charge in [-0.05, 0) is 25.7 Å². The molecule has 0 radical (unpaired) electrons. The molecule has 17 heteroatoms. The SMILES string of the molecule is NOCCCC(=O)CNC(=O)CCC(=O)CNC(=O)CCC(=O)[C@H](CO)NC(=O)CC[C@H](CC(=O)CCCCCCCCCCCCCC(=O)O)C(=O)O. The maximum Gasteiger partial charge on any atom is 0.306 e. The Bertz CT molecular complexity index is 1190. The van der Waals surface area contributed by atoms with Crippen LogP contribution in [-0.2, 0) is 48.0 Å². The smallest absolute Gasteiger partial charge is 0.306 e. The molecule has 8 N–H and O–H groups in total. The Kier molecular flexibility index (Phi) is 29.9. The Morgan fingerprint density at radius 3 is 1.52 bits per heavy atom. The van der Waals surface area contributed by atoms with Crippen molar-refractivity contribution >= 4 is 52.8 Å². The van der Waals surface area contributed by atoms with Crippen molar-refractivity contribution in [1.29, 1.82) is 0 Å². The molecule has 0 aromatic carbocycles. The van der Waals surface area contributed by atoms with E-state index in [1.807, 2.05) is 0 Å². The standard InChI is InChI=1S/C37H62N4O13/c38-54-22-12-14-29(44)24-39-33(47)20-17-30(45)25-40-34(48)21-18-32(46)31(26-42)41-35(49)19-16-27(37(52)53)23-28(43)13-10-8-6-4-2-1-3-5-7-9-11-15-36(50)51/h27,31,42H,1-26,38H2,(H,39,47)(H,40,48)(H,41,49)(H,50,51)(H,52,53)/t27-,31+/m1/s1. The van der Waals surface area contributed by atoms with Gasteiger partial charge in [-0.1, -0.05) is 57.8 Å². The van der Waals surface area contributed by atoms with Crippen LogP contribution in [0.5, 0.6) is 0 Å². The van der Waals surface area contributed by atoms with Gasteiger partial charge >= 0.3 is 11.9 Å². The topological polar surface area (TPSA) is 286 Å². The first-order valence-electron chi connectivity index (χ1n) is 19.1. The van der Waals surface area contributed by atoms with E-state index in [-0.39, 0.29) is 95.5 Å². The molecule has 0 aliphatic rings. The van der Waals surface area contributed by atoms with Crippen molar-refractivity contribution in [1.82, 2.24) is 16.0 Å². The van der Waals surface area contributed by atoms with Crippen molar-refractivity contribution in [2.45, 2.75) is 147 Å². The summed E-state index contributed by atoms with van der Waals surface area (Å²) in [6.07, 6.45) is 10.0. The number of ketones is 4. The minimum Gasteiger partial charge on any atom is -0.481 e. The van der Waals surface area contributed by atoms with Crippen LogP contribution in [0.25, 0.3) is 0 Å². The number of carbonyl (C=O) groups excluding carboxylic acids is 7. The van der Waals surface area contributed by atoms with E-state index in [0.29, 0.717) is 12.8 Å². The fraction of sp³-hybridized carbons (Fsp3) is 0.757. The number of nitrogens with one attached hydrogen (secondary N) is 3. The van der Waals surface area contributed by atoms with Crippen molar-refractivity contribution in [3.05, 3.63) is 0 Å². The number of aliphatic hydroxyl groups excluding tert-OH is 1. The predicted molar refractivity (Wildman–Crippen MR) is 196 cm³/mol. The van der Waals surface area contributed by atoms with Gasteiger partial charge in [-0.25, -0.2) is 5.90 Å². The zero-order chi connectivity index (χ0) is 40.6. The van der Waals surface area contributed by atoms with Crippen molar-refractivity contribution in [3.8, 4) is 0 Å². The highest BCUT2D eigenvalue weighted by molar-refractivity contribution is 5.93. The molecular weight excluding hydrogens is 708 g/mol. The van der Waals surface area contributed by atoms with Crippen molar-refractivity contribution in [2.75, 3.05) is 26.3 Å². The van der Waals surface area contributed by atoms with E-state index < -0.39 is 59.8 Å². The Labute approximate surface area is 317 Å². The molecule has 0 saturated heterocycles. The average Bonchev–Trinajstić information content (AvgIpc) is 3.13. The number of unbranched alkanes of at least 4 members (excludes halogenated alkanes) is 10. The number of hydrogen-bond donors (Lipinski definition) is 7. The zero-order valence-corrected chi connectivity index (χ0v) is 31.5. The first kappa shape index (κ1) is 49.9. The van der Waals surface area contributed by atoms with Crippen LogP contribution in [0.1, 0.15) is 141 Å². The van der Waals surface area contributed by atoms with Gasteiger partial charge in [0.15, 0.2) is 17.3 Å². The van der Waals surface area contributed by atoms with Crippen molar-refractivity contribution in [3.63, 3.8) is 0 Å². The first-order chi connectivity index (χ1) is 25.8. The summed E-state index contributed by atoms with van der Waals surface area (Å²) >= 11 is 0. The van der Waals surface area contributed by atoms with E-state index in [9.17, 15) is 53.4 Å². The van der Waals surface area contributed by atoms with Gasteiger partial charge in [0.25, 0.3) is 0 Å². The molecule has 0 aliphatic heterocycles. The van der Waals surface area contributed by atoms with E-state index in [0.717, 1.165) is 64.2 Å². The van der Waals surface area contributed by atoms with Crippen LogP contribution in [0.4, 0.5) is 0 Å². The molecule has 0 fully saturated rings. The molecule has 17 nitrogen and oxygen atoms in total. The number of rotatable bonds is 37. The number of carboxylic acid groups (broad SMARTS) is 2. The number of carbonyl (C=O) groups is 9. The van der Waals surface area contributed by atoms with Gasteiger partial charge in [0.05, 0.1) is 32.2 Å². The molecule has 54 heavy (non-hydrogen) atoms. The molecule has 0 unspecified atom stereocenters. The van der Waals surface area contributed by atoms with Crippen LogP contribution >= 0.6 is 0 Å². The Morgan fingerprint density at radius 1 is 0.537 bits per heavy atom. The molecule has 0 heterocycles. The van der Waals surface area contributed by atoms with Gasteiger partial charge in [0.1, 0.15) is 11.8 Å². The van der Waals surface area contributed by atoms with Crippen LogP contribution in [0.3, 0.4) is 0 Å². The molecule has 0 spiro atoms. The average molecular weight is 771 g/mol. The Morgan fingerprint density at radius 2 is 1.02 bits per heavy atom. The van der Waals surface area contributed by atoms with Gasteiger partial charge in [-0.2, -0.15) is 0 Å². The number of nitrogens with two attached hydrogens (primary N) is 1. The predicted octanol–water partition coefficient (Wildman–Crippen LogP) is 2.23. The maximum absolute atomic E-state index is 12.5. The lowest BCUT2D eigenvalue weighted by Crippen LogP contribution is -2.44. The molecule has 0 rings (SSSR count). The van der Waals surface area contributed by atoms with Gasteiger partial charge in [0, 0.05) is 57.8 Å². The molecule has 3 amide bonds. The van der Waals surface area contributed by atoms with Crippen LogP contribution in [0.2, 0.25) is 0 Å². The minimum atomic E-state index is -1.33. The van der Waals surface area contributed by atoms with E-state index in [1.165, 1.54) is 0 Å². The summed E-state index contributed by atoms with van der Waals surface area (Å²) in [5, 5.41) is 34.9. The lowest BCUT2D eigenvalue weighted by molar-refractivity contribution is -0.144. The zero-order valence-electron chi connectivity index (χ0n) is 31.5. The lowest BCUT2D eigenvalue weighted by Gasteiger charge is -2.16. The third-order valence-electron chi connectivity index (χ3n) is 8.71. The monoisotopic (exact) mass is 770 g/mol. The molecule has 0 aromatic rings. The van der Waals surface area contributed by atoms with Crippen LogP contribution in [0, 0.1) is 5.92 Å². The van der Waals surface area contributed by atoms with E-state index in [4.69, 9.17) is 11.0 Å². The summed E-state index contributed by atoms with van der Waals surface area (Å²) in [6.45, 7) is -1.11. The Balaban J connectivity index is 4.23. The highest BCUT2D eigenvalue weighted by atomic mass is 16.6. The van der Waals surface area contributed by atoms with Crippen molar-refractivity contribution in [2.24, 2.45) is 11.8 Å². The number of hydrogen-bond acceptors (Lipinski definition) is 12. The third-order valence-corrected chi connectivity index (χ3v) is 8.71. The quantitative estimate of drug-likeness (QED) is 0.0352. The number of amides is 3. The second kappa shape index (κ2) is 32.3. The second-order valence-corrected chi connectivity index (χ2v) is 13.5. The van der Waals surface area contributed by atoms with Gasteiger partial charge in [-0.3, -0.25) is 43.2 Å². The van der Waals surface area contributed by atoms with Gasteiger partial charge in [0.2, 0.25) is 17.7 Å². The van der Waals surface area contributed by atoms with Gasteiger partial charge in [-0.15, -0.1) is 0 Å². The van der Waals surface area contributed by atoms with E-state index in [2.05, 4.69) is 20.8 Å². The van der Waals surface area contributed by atoms with E-state index in [1.54, 1.807) is 0 Å². The molecule has 0 aromatic heterocycles. The molecule has 2 atom stereocenters. The fourth-order valence-corrected chi connectivity index (χ4v) is 5.44. The summed E-state index contributed by atoms with van der Waals surface area (Å²) in [4.78, 5) is 112. The highest BCUT2D eigenvalue weighted by Crippen LogP contribution is 2.17. The van der Waals surface area contributed by atoms with Gasteiger partial charge < -0.3 is 36.1 Å². The number of Topliss-reactive ketones (excluding diaryl/α,β-unsaturated/α-hetero) is 4. The number of carboxylic acids is 2. The number of aliphatic carboxylic acids is 2. The largest absolute Gasteiger partial charge is 0.481 e. The highest BCUT2D eigenvalue weighted by Gasteiger charge is 2.25. The molecule has 308 valence electrons. The maximum atomic E-state index is 12.5.